The van der Waals surface area contributed by atoms with E-state index < -0.39 is 22.0 Å². The molecule has 1 aromatic rings. The highest BCUT2D eigenvalue weighted by Gasteiger charge is 2.27. The van der Waals surface area contributed by atoms with Crippen LogP contribution in [0.5, 0.6) is 0 Å². The quantitative estimate of drug-likeness (QED) is 0.441. The standard InChI is InChI=1S/C23H36N4O5S/c1-5-27(6-2)33(31,32)19-11-7-10-18(16-19)22(29)25-21(17(3)4)23(30)24-13-9-15-26-14-8-12-20(26)28/h7,10-11,16-17,21H,5-6,8-9,12-15H2,1-4H3,(H,24,30)(H,25,29)/t21-/m0/s1. The molecule has 1 fully saturated rings. The molecular weight excluding hydrogens is 444 g/mol. The Balaban J connectivity index is 2.00. The molecule has 3 amide bonds. The second-order valence-electron chi connectivity index (χ2n) is 8.44. The van der Waals surface area contributed by atoms with Crippen LogP contribution in [-0.4, -0.2) is 74.1 Å². The number of amides is 3. The summed E-state index contributed by atoms with van der Waals surface area (Å²) in [5.74, 6) is -0.836. The topological polar surface area (TPSA) is 116 Å². The zero-order valence-corrected chi connectivity index (χ0v) is 20.8. The number of nitrogens with one attached hydrogen (secondary N) is 2. The Morgan fingerprint density at radius 3 is 2.45 bits per heavy atom. The van der Waals surface area contributed by atoms with E-state index in [1.165, 1.54) is 28.6 Å². The maximum Gasteiger partial charge on any atom is 0.251 e. The van der Waals surface area contributed by atoms with Crippen LogP contribution in [0.1, 0.15) is 57.3 Å². The minimum atomic E-state index is -3.70. The van der Waals surface area contributed by atoms with Crippen molar-refractivity contribution in [1.82, 2.24) is 19.8 Å². The van der Waals surface area contributed by atoms with Crippen LogP contribution >= 0.6 is 0 Å². The summed E-state index contributed by atoms with van der Waals surface area (Å²) in [4.78, 5) is 39.1. The lowest BCUT2D eigenvalue weighted by Crippen LogP contribution is -2.50. The molecule has 0 unspecified atom stereocenters. The van der Waals surface area contributed by atoms with Gasteiger partial charge >= 0.3 is 0 Å². The van der Waals surface area contributed by atoms with Gasteiger partial charge in [0.1, 0.15) is 6.04 Å². The van der Waals surface area contributed by atoms with E-state index in [4.69, 9.17) is 0 Å². The highest BCUT2D eigenvalue weighted by molar-refractivity contribution is 7.89. The van der Waals surface area contributed by atoms with Gasteiger partial charge in [0, 0.05) is 44.7 Å². The highest BCUT2D eigenvalue weighted by Crippen LogP contribution is 2.17. The van der Waals surface area contributed by atoms with Crippen molar-refractivity contribution in [1.29, 1.82) is 0 Å². The van der Waals surface area contributed by atoms with Gasteiger partial charge in [-0.1, -0.05) is 33.8 Å². The van der Waals surface area contributed by atoms with E-state index in [0.29, 0.717) is 39.0 Å². The van der Waals surface area contributed by atoms with Crippen molar-refractivity contribution < 1.29 is 22.8 Å². The molecule has 9 nitrogen and oxygen atoms in total. The van der Waals surface area contributed by atoms with Gasteiger partial charge in [-0.15, -0.1) is 0 Å². The summed E-state index contributed by atoms with van der Waals surface area (Å²) in [5.41, 5.74) is 0.175. The normalized spacial score (nSPS) is 15.2. The van der Waals surface area contributed by atoms with Crippen LogP contribution in [-0.2, 0) is 19.6 Å². The van der Waals surface area contributed by atoms with Crippen LogP contribution < -0.4 is 10.6 Å². The van der Waals surface area contributed by atoms with Crippen LogP contribution in [0.4, 0.5) is 0 Å². The number of rotatable bonds is 12. The Morgan fingerprint density at radius 2 is 1.88 bits per heavy atom. The van der Waals surface area contributed by atoms with Gasteiger partial charge in [0.25, 0.3) is 5.91 Å². The van der Waals surface area contributed by atoms with E-state index in [2.05, 4.69) is 10.6 Å². The molecule has 2 N–H and O–H groups in total. The van der Waals surface area contributed by atoms with Crippen molar-refractivity contribution in [3.8, 4) is 0 Å². The summed E-state index contributed by atoms with van der Waals surface area (Å²) in [6.07, 6.45) is 2.11. The van der Waals surface area contributed by atoms with Crippen molar-refractivity contribution in [2.45, 2.75) is 57.9 Å². The second kappa shape index (κ2) is 12.1. The van der Waals surface area contributed by atoms with Crippen LogP contribution in [0.3, 0.4) is 0 Å². The van der Waals surface area contributed by atoms with Crippen molar-refractivity contribution >= 4 is 27.7 Å². The zero-order valence-electron chi connectivity index (χ0n) is 20.0. The number of hydrogen-bond acceptors (Lipinski definition) is 5. The highest BCUT2D eigenvalue weighted by atomic mass is 32.2. The third-order valence-corrected chi connectivity index (χ3v) is 7.80. The van der Waals surface area contributed by atoms with E-state index in [1.807, 2.05) is 13.8 Å². The summed E-state index contributed by atoms with van der Waals surface area (Å²) in [6.45, 7) is 9.60. The molecule has 1 heterocycles. The number of likely N-dealkylation sites (tertiary alicyclic amines) is 1. The van der Waals surface area contributed by atoms with Gasteiger partial charge in [-0.05, 0) is 37.0 Å². The molecule has 0 aliphatic carbocycles. The van der Waals surface area contributed by atoms with Gasteiger partial charge in [0.15, 0.2) is 0 Å². The number of carbonyl (C=O) groups excluding carboxylic acids is 3. The molecule has 0 saturated carbocycles. The molecule has 2 rings (SSSR count). The third-order valence-electron chi connectivity index (χ3n) is 5.75. The molecule has 1 atom stereocenters. The van der Waals surface area contributed by atoms with Crippen LogP contribution in [0.25, 0.3) is 0 Å². The first kappa shape index (κ1) is 26.8. The third kappa shape index (κ3) is 7.01. The van der Waals surface area contributed by atoms with Gasteiger partial charge in [-0.2, -0.15) is 4.31 Å². The smallest absolute Gasteiger partial charge is 0.251 e. The summed E-state index contributed by atoms with van der Waals surface area (Å²) < 4.78 is 26.9. The molecule has 1 aliphatic rings. The lowest BCUT2D eigenvalue weighted by atomic mass is 10.0. The summed E-state index contributed by atoms with van der Waals surface area (Å²) in [6, 6.07) is 5.08. The average Bonchev–Trinajstić information content (AvgIpc) is 3.19. The summed E-state index contributed by atoms with van der Waals surface area (Å²) in [7, 11) is -3.70. The summed E-state index contributed by atoms with van der Waals surface area (Å²) >= 11 is 0. The fraction of sp³-hybridized carbons (Fsp3) is 0.609. The van der Waals surface area contributed by atoms with Crippen LogP contribution in [0.2, 0.25) is 0 Å². The maximum absolute atomic E-state index is 12.8. The number of sulfonamides is 1. The molecule has 0 radical (unpaired) electrons. The molecular formula is C23H36N4O5S. The minimum Gasteiger partial charge on any atom is -0.354 e. The molecule has 10 heteroatoms. The van der Waals surface area contributed by atoms with Crippen molar-refractivity contribution in [3.05, 3.63) is 29.8 Å². The average molecular weight is 481 g/mol. The first-order valence-corrected chi connectivity index (χ1v) is 13.0. The first-order valence-electron chi connectivity index (χ1n) is 11.6. The van der Waals surface area contributed by atoms with Gasteiger partial charge in [-0.3, -0.25) is 14.4 Å². The molecule has 1 aliphatic heterocycles. The summed E-state index contributed by atoms with van der Waals surface area (Å²) in [5, 5.41) is 5.56. The van der Waals surface area contributed by atoms with Crippen LogP contribution in [0, 0.1) is 5.92 Å². The van der Waals surface area contributed by atoms with Crippen molar-refractivity contribution in [3.63, 3.8) is 0 Å². The Labute approximate surface area is 196 Å². The molecule has 0 aromatic heterocycles. The molecule has 184 valence electrons. The number of carbonyl (C=O) groups is 3. The van der Waals surface area contributed by atoms with Gasteiger partial charge in [-0.25, -0.2) is 8.42 Å². The minimum absolute atomic E-state index is 0.0425. The lowest BCUT2D eigenvalue weighted by molar-refractivity contribution is -0.127. The van der Waals surface area contributed by atoms with E-state index in [9.17, 15) is 22.8 Å². The maximum atomic E-state index is 12.8. The van der Waals surface area contributed by atoms with Crippen molar-refractivity contribution in [2.24, 2.45) is 5.92 Å². The Bertz CT molecular complexity index is 944. The number of benzene rings is 1. The SMILES string of the molecule is CCN(CC)S(=O)(=O)c1cccc(C(=O)N[C@H](C(=O)NCCCN2CCCC2=O)C(C)C)c1. The number of hydrogen-bond donors (Lipinski definition) is 2. The molecule has 1 aromatic carbocycles. The molecule has 1 saturated heterocycles. The monoisotopic (exact) mass is 480 g/mol. The largest absolute Gasteiger partial charge is 0.354 e. The Kier molecular flexibility index (Phi) is 9.85. The molecule has 0 bridgehead atoms. The van der Waals surface area contributed by atoms with E-state index in [0.717, 1.165) is 13.0 Å². The Hall–Kier alpha value is -2.46. The van der Waals surface area contributed by atoms with E-state index in [-0.39, 0.29) is 28.2 Å². The second-order valence-corrected chi connectivity index (χ2v) is 10.4. The van der Waals surface area contributed by atoms with E-state index >= 15 is 0 Å². The predicted molar refractivity (Wildman–Crippen MR) is 126 cm³/mol. The fourth-order valence-corrected chi connectivity index (χ4v) is 5.31. The Morgan fingerprint density at radius 1 is 1.18 bits per heavy atom. The fourth-order valence-electron chi connectivity index (χ4n) is 3.80. The predicted octanol–water partition coefficient (Wildman–Crippen LogP) is 1.60. The zero-order chi connectivity index (χ0) is 24.6. The lowest BCUT2D eigenvalue weighted by Gasteiger charge is -2.23. The van der Waals surface area contributed by atoms with Crippen LogP contribution in [0.15, 0.2) is 29.2 Å². The molecule has 0 spiro atoms. The van der Waals surface area contributed by atoms with Gasteiger partial charge in [0.2, 0.25) is 21.8 Å². The number of nitrogens with zero attached hydrogens (tertiary/aromatic N) is 2. The van der Waals surface area contributed by atoms with Crippen molar-refractivity contribution in [2.75, 3.05) is 32.7 Å². The van der Waals surface area contributed by atoms with E-state index in [1.54, 1.807) is 18.7 Å². The first-order chi connectivity index (χ1) is 15.6. The van der Waals surface area contributed by atoms with Gasteiger partial charge in [0.05, 0.1) is 4.90 Å². The van der Waals surface area contributed by atoms with Gasteiger partial charge < -0.3 is 15.5 Å². The molecule has 33 heavy (non-hydrogen) atoms.